The van der Waals surface area contributed by atoms with Crippen LogP contribution in [0.2, 0.25) is 0 Å². The normalized spacial score (nSPS) is 19.7. The third-order valence-corrected chi connectivity index (χ3v) is 5.15. The van der Waals surface area contributed by atoms with Gasteiger partial charge in [0.2, 0.25) is 0 Å². The summed E-state index contributed by atoms with van der Waals surface area (Å²) in [7, 11) is 0. The molecule has 0 saturated heterocycles. The largest absolute Gasteiger partial charge is 0.494 e. The number of ether oxygens (including phenoxy) is 1. The quantitative estimate of drug-likeness (QED) is 0.618. The minimum Gasteiger partial charge on any atom is -0.494 e. The molecular formula is C22H27N3O. The Hall–Kier alpha value is -2.41. The third kappa shape index (κ3) is 4.82. The van der Waals surface area contributed by atoms with Crippen LogP contribution >= 0.6 is 0 Å². The van der Waals surface area contributed by atoms with Crippen molar-refractivity contribution in [2.75, 3.05) is 6.61 Å². The van der Waals surface area contributed by atoms with Crippen molar-refractivity contribution in [3.63, 3.8) is 0 Å². The molecule has 3 rings (SSSR count). The third-order valence-electron chi connectivity index (χ3n) is 5.15. The molecule has 4 heteroatoms. The Morgan fingerprint density at radius 3 is 2.31 bits per heavy atom. The molecule has 1 aromatic heterocycles. The molecule has 136 valence electrons. The van der Waals surface area contributed by atoms with Crippen molar-refractivity contribution < 1.29 is 4.74 Å². The van der Waals surface area contributed by atoms with Gasteiger partial charge in [-0.3, -0.25) is 0 Å². The Labute approximate surface area is 156 Å². The van der Waals surface area contributed by atoms with Crippen LogP contribution in [0.25, 0.3) is 11.1 Å². The number of benzene rings is 1. The van der Waals surface area contributed by atoms with Gasteiger partial charge in [-0.25, -0.2) is 9.97 Å². The topological polar surface area (TPSA) is 58.8 Å². The zero-order valence-electron chi connectivity index (χ0n) is 15.5. The molecular weight excluding hydrogens is 322 g/mol. The Balaban J connectivity index is 1.57. The molecule has 1 aliphatic carbocycles. The molecule has 2 aromatic rings. The summed E-state index contributed by atoms with van der Waals surface area (Å²) in [4.78, 5) is 9.19. The summed E-state index contributed by atoms with van der Waals surface area (Å²) in [6.45, 7) is 2.97. The second-order valence-corrected chi connectivity index (χ2v) is 7.09. The fourth-order valence-corrected chi connectivity index (χ4v) is 3.46. The van der Waals surface area contributed by atoms with Gasteiger partial charge >= 0.3 is 0 Å². The maximum absolute atomic E-state index is 9.01. The van der Waals surface area contributed by atoms with Gasteiger partial charge in [0.25, 0.3) is 0 Å². The number of aromatic nitrogens is 2. The summed E-state index contributed by atoms with van der Waals surface area (Å²) in [5.74, 6) is 2.44. The van der Waals surface area contributed by atoms with E-state index in [0.717, 1.165) is 61.4 Å². The lowest BCUT2D eigenvalue weighted by Gasteiger charge is -2.23. The summed E-state index contributed by atoms with van der Waals surface area (Å²) in [6, 6.07) is 10.5. The van der Waals surface area contributed by atoms with Crippen molar-refractivity contribution in [3.8, 4) is 22.9 Å². The van der Waals surface area contributed by atoms with Gasteiger partial charge in [-0.2, -0.15) is 5.26 Å². The molecule has 4 nitrogen and oxygen atoms in total. The number of hydrogen-bond donors (Lipinski definition) is 0. The number of unbranched alkanes of at least 4 members (excludes halogenated alkanes) is 2. The van der Waals surface area contributed by atoms with Crippen LogP contribution in [0, 0.1) is 17.2 Å². The summed E-state index contributed by atoms with van der Waals surface area (Å²) < 4.78 is 5.76. The first kappa shape index (κ1) is 18.4. The van der Waals surface area contributed by atoms with E-state index in [0.29, 0.717) is 5.92 Å². The average Bonchev–Trinajstić information content (AvgIpc) is 2.72. The summed E-state index contributed by atoms with van der Waals surface area (Å²) in [5.41, 5.74) is 2.13. The molecule has 1 saturated carbocycles. The Morgan fingerprint density at radius 1 is 1.00 bits per heavy atom. The summed E-state index contributed by atoms with van der Waals surface area (Å²) in [5, 5.41) is 9.01. The number of nitrogens with zero attached hydrogens (tertiary/aromatic N) is 3. The SMILES string of the molecule is CCCCCOc1ccc(-c2cnc([C@H]3CC[C@H](C#N)CC3)nc2)cc1. The standard InChI is InChI=1S/C22H27N3O/c1-2-3-4-13-26-21-11-9-18(10-12-21)20-15-24-22(25-16-20)19-7-5-17(14-23)6-8-19/h9-12,15-17,19H,2-8,13H2,1H3/t17-,19-. The van der Waals surface area contributed by atoms with E-state index < -0.39 is 0 Å². The van der Waals surface area contributed by atoms with E-state index in [1.54, 1.807) is 0 Å². The van der Waals surface area contributed by atoms with E-state index >= 15 is 0 Å². The second-order valence-electron chi connectivity index (χ2n) is 7.09. The van der Waals surface area contributed by atoms with Crippen LogP contribution in [-0.4, -0.2) is 16.6 Å². The Morgan fingerprint density at radius 2 is 1.69 bits per heavy atom. The van der Waals surface area contributed by atoms with E-state index in [4.69, 9.17) is 10.00 Å². The molecule has 0 aliphatic heterocycles. The van der Waals surface area contributed by atoms with Crippen molar-refractivity contribution in [1.29, 1.82) is 5.26 Å². The molecule has 1 heterocycles. The smallest absolute Gasteiger partial charge is 0.131 e. The highest BCUT2D eigenvalue weighted by molar-refractivity contribution is 5.62. The first-order chi connectivity index (χ1) is 12.8. The van der Waals surface area contributed by atoms with Gasteiger partial charge in [0.05, 0.1) is 12.7 Å². The molecule has 0 spiro atoms. The molecule has 0 amide bonds. The van der Waals surface area contributed by atoms with Crippen LogP contribution in [0.5, 0.6) is 5.75 Å². The minimum absolute atomic E-state index is 0.216. The monoisotopic (exact) mass is 349 g/mol. The molecule has 0 bridgehead atoms. The molecule has 26 heavy (non-hydrogen) atoms. The number of hydrogen-bond acceptors (Lipinski definition) is 4. The van der Waals surface area contributed by atoms with Gasteiger partial charge in [-0.15, -0.1) is 0 Å². The van der Waals surface area contributed by atoms with Crippen LogP contribution in [0.3, 0.4) is 0 Å². The van der Waals surface area contributed by atoms with E-state index in [1.165, 1.54) is 12.8 Å². The van der Waals surface area contributed by atoms with Gasteiger partial charge in [-0.05, 0) is 49.8 Å². The van der Waals surface area contributed by atoms with E-state index in [9.17, 15) is 0 Å². The molecule has 0 radical (unpaired) electrons. The lowest BCUT2D eigenvalue weighted by atomic mass is 9.82. The zero-order valence-corrected chi connectivity index (χ0v) is 15.5. The predicted molar refractivity (Wildman–Crippen MR) is 103 cm³/mol. The van der Waals surface area contributed by atoms with E-state index in [1.807, 2.05) is 24.5 Å². The highest BCUT2D eigenvalue weighted by Gasteiger charge is 2.23. The fourth-order valence-electron chi connectivity index (χ4n) is 3.46. The lowest BCUT2D eigenvalue weighted by Crippen LogP contribution is -2.14. The van der Waals surface area contributed by atoms with Crippen LogP contribution in [0.1, 0.15) is 63.6 Å². The molecule has 0 unspecified atom stereocenters. The first-order valence-electron chi connectivity index (χ1n) is 9.75. The maximum atomic E-state index is 9.01. The van der Waals surface area contributed by atoms with Gasteiger partial charge in [-0.1, -0.05) is 31.9 Å². The van der Waals surface area contributed by atoms with Crippen molar-refractivity contribution in [2.24, 2.45) is 5.92 Å². The lowest BCUT2D eigenvalue weighted by molar-refractivity contribution is 0.306. The molecule has 1 aliphatic rings. The predicted octanol–water partition coefficient (Wildman–Crippen LogP) is 5.51. The summed E-state index contributed by atoms with van der Waals surface area (Å²) in [6.07, 6.45) is 11.3. The van der Waals surface area contributed by atoms with Gasteiger partial charge in [0.15, 0.2) is 0 Å². The highest BCUT2D eigenvalue weighted by Crippen LogP contribution is 2.34. The van der Waals surface area contributed by atoms with Gasteiger partial charge in [0.1, 0.15) is 11.6 Å². The Bertz CT molecular complexity index is 711. The van der Waals surface area contributed by atoms with E-state index in [-0.39, 0.29) is 5.92 Å². The van der Waals surface area contributed by atoms with Crippen LogP contribution in [0.15, 0.2) is 36.7 Å². The average molecular weight is 349 g/mol. The zero-order chi connectivity index (χ0) is 18.2. The van der Waals surface area contributed by atoms with Gasteiger partial charge in [0, 0.05) is 29.8 Å². The van der Waals surface area contributed by atoms with Crippen molar-refractivity contribution >= 4 is 0 Å². The number of nitriles is 1. The van der Waals surface area contributed by atoms with Crippen molar-refractivity contribution in [3.05, 3.63) is 42.5 Å². The molecule has 0 atom stereocenters. The van der Waals surface area contributed by atoms with Crippen LogP contribution in [-0.2, 0) is 0 Å². The maximum Gasteiger partial charge on any atom is 0.131 e. The molecule has 1 fully saturated rings. The van der Waals surface area contributed by atoms with Gasteiger partial charge < -0.3 is 4.74 Å². The van der Waals surface area contributed by atoms with Crippen molar-refractivity contribution in [1.82, 2.24) is 9.97 Å². The fraction of sp³-hybridized carbons (Fsp3) is 0.500. The molecule has 1 aromatic carbocycles. The molecule has 0 N–H and O–H groups in total. The van der Waals surface area contributed by atoms with Crippen molar-refractivity contribution in [2.45, 2.75) is 57.8 Å². The van der Waals surface area contributed by atoms with Crippen LogP contribution < -0.4 is 4.74 Å². The highest BCUT2D eigenvalue weighted by atomic mass is 16.5. The summed E-state index contributed by atoms with van der Waals surface area (Å²) >= 11 is 0. The Kier molecular flexibility index (Phi) is 6.60. The first-order valence-corrected chi connectivity index (χ1v) is 9.75. The van der Waals surface area contributed by atoms with E-state index in [2.05, 4.69) is 35.1 Å². The second kappa shape index (κ2) is 9.33. The minimum atomic E-state index is 0.216. The van der Waals surface area contributed by atoms with Crippen LogP contribution in [0.4, 0.5) is 0 Å². The number of rotatable bonds is 7.